The number of hydrogen-bond acceptors (Lipinski definition) is 3. The van der Waals surface area contributed by atoms with Crippen LogP contribution in [0.3, 0.4) is 0 Å². The van der Waals surface area contributed by atoms with Gasteiger partial charge in [-0.15, -0.1) is 11.8 Å². The van der Waals surface area contributed by atoms with Crippen molar-refractivity contribution in [2.45, 2.75) is 11.8 Å². The zero-order chi connectivity index (χ0) is 16.9. The van der Waals surface area contributed by atoms with Crippen LogP contribution in [0, 0.1) is 6.92 Å². The number of thioether (sulfide) groups is 1. The van der Waals surface area contributed by atoms with E-state index in [1.807, 2.05) is 43.3 Å². The normalized spacial score (nSPS) is 10.6. The average molecular weight is 337 g/mol. The molecule has 0 unspecified atom stereocenters. The quantitative estimate of drug-likeness (QED) is 0.674. The summed E-state index contributed by atoms with van der Waals surface area (Å²) in [6, 6.07) is 20.2. The van der Waals surface area contributed by atoms with Crippen molar-refractivity contribution in [1.82, 2.24) is 0 Å². The van der Waals surface area contributed by atoms with Gasteiger partial charge in [0.1, 0.15) is 5.75 Å². The van der Waals surface area contributed by atoms with Gasteiger partial charge in [0.05, 0.1) is 18.6 Å². The van der Waals surface area contributed by atoms with E-state index in [0.29, 0.717) is 17.2 Å². The number of nitrogens with one attached hydrogen (secondary N) is 1. The van der Waals surface area contributed by atoms with Gasteiger partial charge in [-0.2, -0.15) is 0 Å². The van der Waals surface area contributed by atoms with Crippen molar-refractivity contribution in [3.63, 3.8) is 0 Å². The van der Waals surface area contributed by atoms with Crippen LogP contribution in [0.15, 0.2) is 65.6 Å². The van der Waals surface area contributed by atoms with Gasteiger partial charge in [-0.25, -0.2) is 0 Å². The van der Waals surface area contributed by atoms with Crippen LogP contribution < -0.4 is 10.1 Å². The molecule has 4 heteroatoms. The second-order valence-corrected chi connectivity index (χ2v) is 6.60. The molecule has 1 amide bonds. The van der Waals surface area contributed by atoms with Crippen LogP contribution in [0.2, 0.25) is 0 Å². The highest BCUT2D eigenvalue weighted by Crippen LogP contribution is 2.27. The van der Waals surface area contributed by atoms with Gasteiger partial charge < -0.3 is 10.1 Å². The molecule has 3 aromatic carbocycles. The molecular weight excluding hydrogens is 318 g/mol. The largest absolute Gasteiger partial charge is 0.495 e. The molecule has 122 valence electrons. The lowest BCUT2D eigenvalue weighted by molar-refractivity contribution is -0.113. The third-order valence-electron chi connectivity index (χ3n) is 3.72. The molecule has 3 rings (SSSR count). The Morgan fingerprint density at radius 2 is 1.83 bits per heavy atom. The first-order valence-electron chi connectivity index (χ1n) is 7.72. The van der Waals surface area contributed by atoms with Gasteiger partial charge in [0.2, 0.25) is 5.91 Å². The van der Waals surface area contributed by atoms with Gasteiger partial charge in [0.25, 0.3) is 0 Å². The summed E-state index contributed by atoms with van der Waals surface area (Å²) in [7, 11) is 1.60. The zero-order valence-corrected chi connectivity index (χ0v) is 14.5. The molecule has 1 N–H and O–H groups in total. The first kappa shape index (κ1) is 16.4. The van der Waals surface area contributed by atoms with E-state index in [0.717, 1.165) is 10.5 Å². The Balaban J connectivity index is 1.65. The first-order chi connectivity index (χ1) is 11.7. The van der Waals surface area contributed by atoms with Crippen molar-refractivity contribution >= 4 is 34.1 Å². The Morgan fingerprint density at radius 3 is 2.62 bits per heavy atom. The van der Waals surface area contributed by atoms with Gasteiger partial charge in [0.15, 0.2) is 0 Å². The summed E-state index contributed by atoms with van der Waals surface area (Å²) >= 11 is 1.53. The highest BCUT2D eigenvalue weighted by atomic mass is 32.2. The Morgan fingerprint density at radius 1 is 1.04 bits per heavy atom. The summed E-state index contributed by atoms with van der Waals surface area (Å²) < 4.78 is 5.29. The van der Waals surface area contributed by atoms with E-state index in [2.05, 4.69) is 29.6 Å². The minimum absolute atomic E-state index is 0.0444. The summed E-state index contributed by atoms with van der Waals surface area (Å²) in [6.45, 7) is 1.99. The zero-order valence-electron chi connectivity index (χ0n) is 13.7. The van der Waals surface area contributed by atoms with Crippen molar-refractivity contribution < 1.29 is 9.53 Å². The highest BCUT2D eigenvalue weighted by Gasteiger charge is 2.08. The molecule has 24 heavy (non-hydrogen) atoms. The van der Waals surface area contributed by atoms with Crippen LogP contribution in [0.1, 0.15) is 5.56 Å². The van der Waals surface area contributed by atoms with Crippen molar-refractivity contribution in [3.8, 4) is 5.75 Å². The Hall–Kier alpha value is -2.46. The van der Waals surface area contributed by atoms with Crippen LogP contribution in [-0.4, -0.2) is 18.8 Å². The van der Waals surface area contributed by atoms with Crippen LogP contribution in [-0.2, 0) is 4.79 Å². The fourth-order valence-electron chi connectivity index (χ4n) is 2.51. The molecule has 0 aliphatic heterocycles. The number of rotatable bonds is 5. The highest BCUT2D eigenvalue weighted by molar-refractivity contribution is 8.00. The van der Waals surface area contributed by atoms with Crippen molar-refractivity contribution in [2.75, 3.05) is 18.2 Å². The molecule has 0 saturated heterocycles. The van der Waals surface area contributed by atoms with E-state index in [1.165, 1.54) is 22.5 Å². The fraction of sp³-hybridized carbons (Fsp3) is 0.150. The van der Waals surface area contributed by atoms with E-state index < -0.39 is 0 Å². The van der Waals surface area contributed by atoms with E-state index in [9.17, 15) is 4.79 Å². The number of amides is 1. The van der Waals surface area contributed by atoms with Gasteiger partial charge in [-0.05, 0) is 47.5 Å². The maximum atomic E-state index is 12.2. The second kappa shape index (κ2) is 7.41. The number of hydrogen-bond donors (Lipinski definition) is 1. The number of aryl methyl sites for hydroxylation is 1. The Kier molecular flexibility index (Phi) is 5.06. The smallest absolute Gasteiger partial charge is 0.234 e. The summed E-state index contributed by atoms with van der Waals surface area (Å²) in [4.78, 5) is 13.3. The molecule has 0 aliphatic rings. The van der Waals surface area contributed by atoms with Crippen LogP contribution in [0.5, 0.6) is 5.75 Å². The number of carbonyl (C=O) groups excluding carboxylic acids is 1. The number of anilines is 1. The lowest BCUT2D eigenvalue weighted by Gasteiger charge is -2.11. The molecule has 0 bridgehead atoms. The molecule has 3 aromatic rings. The van der Waals surface area contributed by atoms with Crippen molar-refractivity contribution in [2.24, 2.45) is 0 Å². The predicted molar refractivity (Wildman–Crippen MR) is 101 cm³/mol. The number of ether oxygens (including phenoxy) is 1. The average Bonchev–Trinajstić information content (AvgIpc) is 2.60. The van der Waals surface area contributed by atoms with E-state index in [4.69, 9.17) is 4.74 Å². The maximum Gasteiger partial charge on any atom is 0.234 e. The van der Waals surface area contributed by atoms with Gasteiger partial charge >= 0.3 is 0 Å². The van der Waals surface area contributed by atoms with Gasteiger partial charge in [-0.1, -0.05) is 36.4 Å². The number of methoxy groups -OCH3 is 1. The van der Waals surface area contributed by atoms with Crippen LogP contribution >= 0.6 is 11.8 Å². The van der Waals surface area contributed by atoms with Gasteiger partial charge in [0, 0.05) is 4.90 Å². The first-order valence-corrected chi connectivity index (χ1v) is 8.70. The third-order valence-corrected chi connectivity index (χ3v) is 4.71. The molecule has 0 fully saturated rings. The molecule has 0 saturated carbocycles. The monoisotopic (exact) mass is 337 g/mol. The summed E-state index contributed by atoms with van der Waals surface area (Å²) in [5.74, 6) is 0.983. The summed E-state index contributed by atoms with van der Waals surface area (Å²) in [6.07, 6.45) is 0. The predicted octanol–water partition coefficient (Wildman–Crippen LogP) is 4.89. The topological polar surface area (TPSA) is 38.3 Å². The van der Waals surface area contributed by atoms with Crippen LogP contribution in [0.25, 0.3) is 10.8 Å². The van der Waals surface area contributed by atoms with E-state index in [-0.39, 0.29) is 5.91 Å². The van der Waals surface area contributed by atoms with Gasteiger partial charge in [-0.3, -0.25) is 4.79 Å². The molecular formula is C20H19NO2S. The standard InChI is InChI=1S/C20H19NO2S/c1-14-7-10-19(23-2)18(11-14)21-20(22)13-24-17-9-8-15-5-3-4-6-16(15)12-17/h3-12H,13H2,1-2H3,(H,21,22). The Bertz CT molecular complexity index is 876. The molecule has 0 aliphatic carbocycles. The second-order valence-electron chi connectivity index (χ2n) is 5.55. The van der Waals surface area contributed by atoms with Crippen molar-refractivity contribution in [1.29, 1.82) is 0 Å². The molecule has 3 nitrogen and oxygen atoms in total. The third kappa shape index (κ3) is 3.89. The molecule has 0 atom stereocenters. The van der Waals surface area contributed by atoms with E-state index in [1.54, 1.807) is 7.11 Å². The lowest BCUT2D eigenvalue weighted by atomic mass is 10.1. The minimum Gasteiger partial charge on any atom is -0.495 e. The van der Waals surface area contributed by atoms with E-state index >= 15 is 0 Å². The lowest BCUT2D eigenvalue weighted by Crippen LogP contribution is -2.14. The number of fused-ring (bicyclic) bond motifs is 1. The number of benzene rings is 3. The fourth-order valence-corrected chi connectivity index (χ4v) is 3.26. The molecule has 0 spiro atoms. The van der Waals surface area contributed by atoms with Crippen LogP contribution in [0.4, 0.5) is 5.69 Å². The minimum atomic E-state index is -0.0444. The summed E-state index contributed by atoms with van der Waals surface area (Å²) in [5, 5.41) is 5.31. The Labute approximate surface area is 146 Å². The summed E-state index contributed by atoms with van der Waals surface area (Å²) in [5.41, 5.74) is 1.79. The number of carbonyl (C=O) groups is 1. The SMILES string of the molecule is COc1ccc(C)cc1NC(=O)CSc1ccc2ccccc2c1. The van der Waals surface area contributed by atoms with Crippen molar-refractivity contribution in [3.05, 3.63) is 66.2 Å². The molecule has 0 aromatic heterocycles. The maximum absolute atomic E-state index is 12.2. The molecule has 0 heterocycles. The molecule has 0 radical (unpaired) electrons.